The van der Waals surface area contributed by atoms with E-state index in [1.165, 1.54) is 17.5 Å². The Morgan fingerprint density at radius 2 is 1.81 bits per heavy atom. The molecular weight excluding hydrogens is 260 g/mol. The summed E-state index contributed by atoms with van der Waals surface area (Å²) in [5, 5.41) is 0. The molecule has 0 aromatic heterocycles. The summed E-state index contributed by atoms with van der Waals surface area (Å²) < 4.78 is 6.00. The van der Waals surface area contributed by atoms with Crippen LogP contribution in [0, 0.1) is 0 Å². The van der Waals surface area contributed by atoms with E-state index >= 15 is 0 Å². The summed E-state index contributed by atoms with van der Waals surface area (Å²) in [5.74, 6) is 0.976. The summed E-state index contributed by atoms with van der Waals surface area (Å²) in [4.78, 5) is 2.42. The van der Waals surface area contributed by atoms with Gasteiger partial charge in [0.05, 0.1) is 0 Å². The number of nitrogens with two attached hydrogens (primary N) is 1. The maximum absolute atomic E-state index is 6.00. The van der Waals surface area contributed by atoms with Crippen molar-refractivity contribution in [2.75, 3.05) is 13.1 Å². The number of hydrogen-bond donors (Lipinski definition) is 1. The minimum absolute atomic E-state index is 0.534. The zero-order valence-corrected chi connectivity index (χ0v) is 12.2. The molecule has 1 aliphatic heterocycles. The van der Waals surface area contributed by atoms with Crippen molar-refractivity contribution >= 4 is 0 Å². The fourth-order valence-electron chi connectivity index (χ4n) is 2.70. The molecule has 110 valence electrons. The molecule has 0 bridgehead atoms. The Bertz CT molecular complexity index is 568. The van der Waals surface area contributed by atoms with E-state index in [0.29, 0.717) is 12.6 Å². The van der Waals surface area contributed by atoms with E-state index < -0.39 is 0 Å². The van der Waals surface area contributed by atoms with E-state index in [-0.39, 0.29) is 0 Å². The molecule has 1 atom stereocenters. The molecule has 0 radical (unpaired) electrons. The number of likely N-dealkylation sites (tertiary alicyclic amines) is 1. The van der Waals surface area contributed by atoms with Gasteiger partial charge < -0.3 is 10.5 Å². The van der Waals surface area contributed by atoms with Crippen LogP contribution in [0.25, 0.3) is 0 Å². The van der Waals surface area contributed by atoms with E-state index in [1.54, 1.807) is 0 Å². The van der Waals surface area contributed by atoms with Crippen LogP contribution in [0.5, 0.6) is 5.75 Å². The lowest BCUT2D eigenvalue weighted by atomic mass is 10.0. The summed E-state index contributed by atoms with van der Waals surface area (Å²) in [6.07, 6.45) is 1.21. The van der Waals surface area contributed by atoms with Crippen LogP contribution in [0.1, 0.15) is 17.5 Å². The van der Waals surface area contributed by atoms with Crippen LogP contribution in [0.3, 0.4) is 0 Å². The van der Waals surface area contributed by atoms with Crippen LogP contribution in [0.15, 0.2) is 54.6 Å². The Labute approximate surface area is 126 Å². The van der Waals surface area contributed by atoms with E-state index in [2.05, 4.69) is 35.2 Å². The maximum Gasteiger partial charge on any atom is 0.124 e. The van der Waals surface area contributed by atoms with Crippen molar-refractivity contribution in [1.82, 2.24) is 4.90 Å². The molecular formula is C18H22N2O. The van der Waals surface area contributed by atoms with Crippen LogP contribution >= 0.6 is 0 Å². The Morgan fingerprint density at radius 3 is 2.52 bits per heavy atom. The lowest BCUT2D eigenvalue weighted by Crippen LogP contribution is -2.50. The SMILES string of the molecule is NCC1CCN1Cc1ccccc1OCc1ccccc1. The molecule has 3 heteroatoms. The van der Waals surface area contributed by atoms with Gasteiger partial charge in [-0.3, -0.25) is 4.90 Å². The van der Waals surface area contributed by atoms with Crippen molar-refractivity contribution in [2.45, 2.75) is 25.6 Å². The van der Waals surface area contributed by atoms with Gasteiger partial charge in [-0.1, -0.05) is 48.5 Å². The van der Waals surface area contributed by atoms with Crippen LogP contribution < -0.4 is 10.5 Å². The first-order valence-electron chi connectivity index (χ1n) is 7.55. The van der Waals surface area contributed by atoms with Gasteiger partial charge in [-0.15, -0.1) is 0 Å². The second kappa shape index (κ2) is 6.74. The van der Waals surface area contributed by atoms with Crippen LogP contribution in [0.2, 0.25) is 0 Å². The molecule has 2 aromatic rings. The average Bonchev–Trinajstić information content (AvgIpc) is 2.52. The minimum Gasteiger partial charge on any atom is -0.489 e. The highest BCUT2D eigenvalue weighted by atomic mass is 16.5. The van der Waals surface area contributed by atoms with Crippen LogP contribution in [0.4, 0.5) is 0 Å². The van der Waals surface area contributed by atoms with E-state index in [1.807, 2.05) is 24.3 Å². The number of nitrogens with zero attached hydrogens (tertiary/aromatic N) is 1. The third kappa shape index (κ3) is 3.43. The summed E-state index contributed by atoms with van der Waals surface area (Å²) in [6.45, 7) is 3.41. The topological polar surface area (TPSA) is 38.5 Å². The Balaban J connectivity index is 1.65. The van der Waals surface area contributed by atoms with Crippen molar-refractivity contribution in [3.8, 4) is 5.75 Å². The highest BCUT2D eigenvalue weighted by Gasteiger charge is 2.26. The molecule has 21 heavy (non-hydrogen) atoms. The standard InChI is InChI=1S/C18H22N2O/c19-12-17-10-11-20(17)13-16-8-4-5-9-18(16)21-14-15-6-2-1-3-7-15/h1-9,17H,10-14,19H2. The maximum atomic E-state index is 6.00. The average molecular weight is 282 g/mol. The predicted molar refractivity (Wildman–Crippen MR) is 85.1 cm³/mol. The lowest BCUT2D eigenvalue weighted by molar-refractivity contribution is 0.0868. The summed E-state index contributed by atoms with van der Waals surface area (Å²) in [7, 11) is 0. The van der Waals surface area contributed by atoms with Crippen molar-refractivity contribution in [2.24, 2.45) is 5.73 Å². The number of ether oxygens (including phenoxy) is 1. The van der Waals surface area contributed by atoms with Gasteiger partial charge in [0.25, 0.3) is 0 Å². The molecule has 1 saturated heterocycles. The fourth-order valence-corrected chi connectivity index (χ4v) is 2.70. The zero-order valence-electron chi connectivity index (χ0n) is 12.2. The zero-order chi connectivity index (χ0) is 14.5. The normalized spacial score (nSPS) is 18.2. The fraction of sp³-hybridized carbons (Fsp3) is 0.333. The van der Waals surface area contributed by atoms with Crippen molar-refractivity contribution in [1.29, 1.82) is 0 Å². The number of benzene rings is 2. The Morgan fingerprint density at radius 1 is 1.05 bits per heavy atom. The van der Waals surface area contributed by atoms with Gasteiger partial charge in [0.2, 0.25) is 0 Å². The first kappa shape index (κ1) is 14.1. The van der Waals surface area contributed by atoms with Gasteiger partial charge in [-0.25, -0.2) is 0 Å². The predicted octanol–water partition coefficient (Wildman–Crippen LogP) is 2.80. The molecule has 0 saturated carbocycles. The van der Waals surface area contributed by atoms with Gasteiger partial charge in [-0.2, -0.15) is 0 Å². The summed E-state index contributed by atoms with van der Waals surface area (Å²) in [5.41, 5.74) is 8.21. The van der Waals surface area contributed by atoms with Crippen LogP contribution in [-0.2, 0) is 13.2 Å². The molecule has 0 amide bonds. The molecule has 0 spiro atoms. The van der Waals surface area contributed by atoms with E-state index in [0.717, 1.165) is 25.4 Å². The summed E-state index contributed by atoms with van der Waals surface area (Å²) >= 11 is 0. The molecule has 3 nitrogen and oxygen atoms in total. The smallest absolute Gasteiger partial charge is 0.124 e. The first-order valence-corrected chi connectivity index (χ1v) is 7.55. The van der Waals surface area contributed by atoms with Gasteiger partial charge in [-0.05, 0) is 18.1 Å². The summed E-state index contributed by atoms with van der Waals surface area (Å²) in [6, 6.07) is 19.1. The van der Waals surface area contributed by atoms with Crippen molar-refractivity contribution < 1.29 is 4.74 Å². The molecule has 1 fully saturated rings. The van der Waals surface area contributed by atoms with E-state index in [9.17, 15) is 0 Å². The second-order valence-electron chi connectivity index (χ2n) is 5.53. The molecule has 1 heterocycles. The number of rotatable bonds is 6. The van der Waals surface area contributed by atoms with Crippen LogP contribution in [-0.4, -0.2) is 24.0 Å². The highest BCUT2D eigenvalue weighted by Crippen LogP contribution is 2.25. The van der Waals surface area contributed by atoms with Gasteiger partial charge in [0.15, 0.2) is 0 Å². The van der Waals surface area contributed by atoms with E-state index in [4.69, 9.17) is 10.5 Å². The first-order chi connectivity index (χ1) is 10.4. The van der Waals surface area contributed by atoms with Gasteiger partial charge in [0.1, 0.15) is 12.4 Å². The molecule has 0 aliphatic carbocycles. The third-order valence-corrected chi connectivity index (χ3v) is 4.12. The molecule has 1 aliphatic rings. The number of hydrogen-bond acceptors (Lipinski definition) is 3. The molecule has 2 aromatic carbocycles. The Hall–Kier alpha value is -1.84. The lowest BCUT2D eigenvalue weighted by Gasteiger charge is -2.40. The minimum atomic E-state index is 0.534. The van der Waals surface area contributed by atoms with Crippen molar-refractivity contribution in [3.63, 3.8) is 0 Å². The second-order valence-corrected chi connectivity index (χ2v) is 5.53. The largest absolute Gasteiger partial charge is 0.489 e. The van der Waals surface area contributed by atoms with Gasteiger partial charge in [0, 0.05) is 31.2 Å². The Kier molecular flexibility index (Phi) is 4.53. The molecule has 3 rings (SSSR count). The van der Waals surface area contributed by atoms with Crippen molar-refractivity contribution in [3.05, 3.63) is 65.7 Å². The quantitative estimate of drug-likeness (QED) is 0.885. The monoisotopic (exact) mass is 282 g/mol. The van der Waals surface area contributed by atoms with Gasteiger partial charge >= 0.3 is 0 Å². The molecule has 2 N–H and O–H groups in total. The highest BCUT2D eigenvalue weighted by molar-refractivity contribution is 5.33. The molecule has 1 unspecified atom stereocenters. The third-order valence-electron chi connectivity index (χ3n) is 4.12. The number of para-hydroxylation sites is 1.